The molecule has 1 heterocycles. The summed E-state index contributed by atoms with van der Waals surface area (Å²) in [6, 6.07) is 11.5. The summed E-state index contributed by atoms with van der Waals surface area (Å²) in [4.78, 5) is 15.3. The van der Waals surface area contributed by atoms with Crippen LogP contribution in [0.2, 0.25) is 0 Å². The SMILES string of the molecule is COC(=O)C=CC=C(c1ccc(OC)cc1)c1cccnc1. The molecule has 0 aliphatic heterocycles. The lowest BCUT2D eigenvalue weighted by Crippen LogP contribution is -1.93. The molecule has 4 heteroatoms. The lowest BCUT2D eigenvalue weighted by atomic mass is 9.99. The molecule has 0 spiro atoms. The molecule has 0 N–H and O–H groups in total. The fourth-order valence-corrected chi connectivity index (χ4v) is 1.94. The molecule has 0 fully saturated rings. The normalized spacial score (nSPS) is 11.5. The standard InChI is InChI=1S/C18H17NO3/c1-21-16-10-8-14(9-11-16)17(6-3-7-18(20)22-2)15-5-4-12-19-13-15/h3-13H,1-2H3. The topological polar surface area (TPSA) is 48.4 Å². The third kappa shape index (κ3) is 4.06. The molecule has 22 heavy (non-hydrogen) atoms. The van der Waals surface area contributed by atoms with E-state index >= 15 is 0 Å². The van der Waals surface area contributed by atoms with E-state index in [1.807, 2.05) is 42.5 Å². The number of aromatic nitrogens is 1. The van der Waals surface area contributed by atoms with Crippen LogP contribution < -0.4 is 4.74 Å². The van der Waals surface area contributed by atoms with E-state index in [1.54, 1.807) is 25.6 Å². The first-order valence-corrected chi connectivity index (χ1v) is 6.75. The molecule has 0 saturated carbocycles. The predicted octanol–water partition coefficient (Wildman–Crippen LogP) is 3.25. The Hall–Kier alpha value is -2.88. The monoisotopic (exact) mass is 295 g/mol. The zero-order valence-electron chi connectivity index (χ0n) is 12.5. The molecule has 0 atom stereocenters. The molecule has 0 unspecified atom stereocenters. The smallest absolute Gasteiger partial charge is 0.330 e. The Morgan fingerprint density at radius 3 is 2.45 bits per heavy atom. The lowest BCUT2D eigenvalue weighted by Gasteiger charge is -2.08. The average Bonchev–Trinajstić information content (AvgIpc) is 2.59. The third-order valence-corrected chi connectivity index (χ3v) is 3.07. The van der Waals surface area contributed by atoms with Gasteiger partial charge in [0.25, 0.3) is 0 Å². The molecular weight excluding hydrogens is 278 g/mol. The van der Waals surface area contributed by atoms with Gasteiger partial charge in [-0.05, 0) is 29.3 Å². The van der Waals surface area contributed by atoms with E-state index in [2.05, 4.69) is 9.72 Å². The molecule has 0 saturated heterocycles. The molecule has 0 radical (unpaired) electrons. The van der Waals surface area contributed by atoms with Crippen molar-refractivity contribution >= 4 is 11.5 Å². The van der Waals surface area contributed by atoms with Gasteiger partial charge < -0.3 is 9.47 Å². The second-order valence-electron chi connectivity index (χ2n) is 4.43. The Kier molecular flexibility index (Phi) is 5.49. The summed E-state index contributed by atoms with van der Waals surface area (Å²) in [6.45, 7) is 0. The van der Waals surface area contributed by atoms with E-state index in [0.717, 1.165) is 22.4 Å². The number of rotatable bonds is 5. The first-order valence-electron chi connectivity index (χ1n) is 6.75. The number of esters is 1. The molecule has 1 aromatic carbocycles. The maximum Gasteiger partial charge on any atom is 0.330 e. The Bertz CT molecular complexity index is 673. The molecule has 112 valence electrons. The van der Waals surface area contributed by atoms with E-state index in [1.165, 1.54) is 13.2 Å². The summed E-state index contributed by atoms with van der Waals surface area (Å²) >= 11 is 0. The van der Waals surface area contributed by atoms with E-state index < -0.39 is 5.97 Å². The minimum absolute atomic E-state index is 0.392. The van der Waals surface area contributed by atoms with Crippen LogP contribution in [0.15, 0.2) is 67.0 Å². The van der Waals surface area contributed by atoms with E-state index in [0.29, 0.717) is 0 Å². The maximum atomic E-state index is 11.2. The van der Waals surface area contributed by atoms with Crippen molar-refractivity contribution in [2.75, 3.05) is 14.2 Å². The fraction of sp³-hybridized carbons (Fsp3) is 0.111. The highest BCUT2D eigenvalue weighted by atomic mass is 16.5. The summed E-state index contributed by atoms with van der Waals surface area (Å²) in [5, 5.41) is 0. The van der Waals surface area contributed by atoms with Gasteiger partial charge in [-0.1, -0.05) is 30.4 Å². The number of methoxy groups -OCH3 is 2. The predicted molar refractivity (Wildman–Crippen MR) is 85.5 cm³/mol. The van der Waals surface area contributed by atoms with Crippen molar-refractivity contribution in [1.82, 2.24) is 4.98 Å². The van der Waals surface area contributed by atoms with Gasteiger partial charge in [-0.25, -0.2) is 4.79 Å². The summed E-state index contributed by atoms with van der Waals surface area (Å²) in [7, 11) is 2.98. The molecule has 1 aromatic heterocycles. The van der Waals surface area contributed by atoms with Gasteiger partial charge in [-0.2, -0.15) is 0 Å². The second-order valence-corrected chi connectivity index (χ2v) is 4.43. The van der Waals surface area contributed by atoms with Gasteiger partial charge >= 0.3 is 5.97 Å². The minimum Gasteiger partial charge on any atom is -0.497 e. The van der Waals surface area contributed by atoms with Crippen LogP contribution >= 0.6 is 0 Å². The Labute approximate surface area is 129 Å². The number of nitrogens with zero attached hydrogens (tertiary/aromatic N) is 1. The number of allylic oxidation sites excluding steroid dienone is 2. The maximum absolute atomic E-state index is 11.2. The van der Waals surface area contributed by atoms with Crippen LogP contribution in [0, 0.1) is 0 Å². The van der Waals surface area contributed by atoms with Crippen molar-refractivity contribution in [3.05, 3.63) is 78.1 Å². The average molecular weight is 295 g/mol. The van der Waals surface area contributed by atoms with Crippen LogP contribution in [0.1, 0.15) is 11.1 Å². The summed E-state index contributed by atoms with van der Waals surface area (Å²) in [6.07, 6.45) is 8.40. The number of pyridine rings is 1. The first kappa shape index (κ1) is 15.5. The van der Waals surface area contributed by atoms with Crippen LogP contribution in [0.4, 0.5) is 0 Å². The lowest BCUT2D eigenvalue weighted by molar-refractivity contribution is -0.134. The number of hydrogen-bond donors (Lipinski definition) is 0. The van der Waals surface area contributed by atoms with Crippen molar-refractivity contribution in [2.45, 2.75) is 0 Å². The zero-order valence-corrected chi connectivity index (χ0v) is 12.5. The van der Waals surface area contributed by atoms with Gasteiger partial charge in [0.2, 0.25) is 0 Å². The van der Waals surface area contributed by atoms with Crippen molar-refractivity contribution in [1.29, 1.82) is 0 Å². The van der Waals surface area contributed by atoms with Gasteiger partial charge in [-0.3, -0.25) is 4.98 Å². The van der Waals surface area contributed by atoms with Gasteiger partial charge in [0.1, 0.15) is 5.75 Å². The molecule has 0 bridgehead atoms. The second kappa shape index (κ2) is 7.78. The highest BCUT2D eigenvalue weighted by Crippen LogP contribution is 2.24. The molecular formula is C18H17NO3. The molecule has 4 nitrogen and oxygen atoms in total. The van der Waals surface area contributed by atoms with Gasteiger partial charge in [0.15, 0.2) is 0 Å². The quantitative estimate of drug-likeness (QED) is 0.482. The first-order chi connectivity index (χ1) is 10.7. The third-order valence-electron chi connectivity index (χ3n) is 3.07. The summed E-state index contributed by atoms with van der Waals surface area (Å²) in [5.41, 5.74) is 2.92. The fourth-order valence-electron chi connectivity index (χ4n) is 1.94. The van der Waals surface area contributed by atoms with Crippen LogP contribution in [0.25, 0.3) is 5.57 Å². The van der Waals surface area contributed by atoms with Crippen LogP contribution in [-0.4, -0.2) is 25.2 Å². The van der Waals surface area contributed by atoms with Gasteiger partial charge in [0, 0.05) is 24.0 Å². The zero-order chi connectivity index (χ0) is 15.8. The highest BCUT2D eigenvalue weighted by Gasteiger charge is 2.05. The molecule has 0 amide bonds. The largest absolute Gasteiger partial charge is 0.497 e. The van der Waals surface area contributed by atoms with E-state index in [9.17, 15) is 4.79 Å². The molecule has 0 aliphatic rings. The van der Waals surface area contributed by atoms with Crippen molar-refractivity contribution in [3.63, 3.8) is 0 Å². The van der Waals surface area contributed by atoms with Crippen LogP contribution in [0.3, 0.4) is 0 Å². The minimum atomic E-state index is -0.392. The van der Waals surface area contributed by atoms with E-state index in [-0.39, 0.29) is 0 Å². The van der Waals surface area contributed by atoms with Crippen LogP contribution in [0.5, 0.6) is 5.75 Å². The van der Waals surface area contributed by atoms with Crippen molar-refractivity contribution < 1.29 is 14.3 Å². The van der Waals surface area contributed by atoms with Gasteiger partial charge in [0.05, 0.1) is 14.2 Å². The van der Waals surface area contributed by atoms with E-state index in [4.69, 9.17) is 4.74 Å². The highest BCUT2D eigenvalue weighted by molar-refractivity contribution is 5.84. The molecule has 2 aromatic rings. The number of ether oxygens (including phenoxy) is 2. The molecule has 0 aliphatic carbocycles. The Morgan fingerprint density at radius 1 is 1.09 bits per heavy atom. The van der Waals surface area contributed by atoms with Crippen molar-refractivity contribution in [3.8, 4) is 5.75 Å². The number of carbonyl (C=O) groups is 1. The number of benzene rings is 1. The Morgan fingerprint density at radius 2 is 1.86 bits per heavy atom. The Balaban J connectivity index is 2.38. The van der Waals surface area contributed by atoms with Gasteiger partial charge in [-0.15, -0.1) is 0 Å². The van der Waals surface area contributed by atoms with Crippen LogP contribution in [-0.2, 0) is 9.53 Å². The molecule has 2 rings (SSSR count). The summed E-state index contributed by atoms with van der Waals surface area (Å²) in [5.74, 6) is 0.399. The number of carbonyl (C=O) groups excluding carboxylic acids is 1. The summed E-state index contributed by atoms with van der Waals surface area (Å²) < 4.78 is 9.76. The van der Waals surface area contributed by atoms with Crippen molar-refractivity contribution in [2.24, 2.45) is 0 Å². The number of hydrogen-bond acceptors (Lipinski definition) is 4.